The molecule has 1 N–H and O–H groups in total. The maximum atomic E-state index is 12.0. The molecule has 7 heteroatoms. The minimum Gasteiger partial charge on any atom is -0.322 e. The zero-order chi connectivity index (χ0) is 15.4. The highest BCUT2D eigenvalue weighted by Crippen LogP contribution is 2.26. The fourth-order valence-electron chi connectivity index (χ4n) is 1.63. The van der Waals surface area contributed by atoms with Crippen LogP contribution in [-0.4, -0.2) is 10.8 Å². The van der Waals surface area contributed by atoms with E-state index in [-0.39, 0.29) is 11.3 Å². The van der Waals surface area contributed by atoms with Gasteiger partial charge in [-0.05, 0) is 52.3 Å². The van der Waals surface area contributed by atoms with Crippen LogP contribution in [-0.2, 0) is 0 Å². The Morgan fingerprint density at radius 3 is 2.48 bits per heavy atom. The smallest absolute Gasteiger partial charge is 0.284 e. The van der Waals surface area contributed by atoms with Crippen molar-refractivity contribution in [1.82, 2.24) is 0 Å². The number of benzene rings is 2. The third kappa shape index (κ3) is 3.43. The summed E-state index contributed by atoms with van der Waals surface area (Å²) >= 11 is 3.06. The Kier molecular flexibility index (Phi) is 4.30. The van der Waals surface area contributed by atoms with Crippen molar-refractivity contribution >= 4 is 33.2 Å². The molecule has 2 aromatic rings. The number of rotatable bonds is 3. The van der Waals surface area contributed by atoms with Gasteiger partial charge in [-0.15, -0.1) is 0 Å². The summed E-state index contributed by atoms with van der Waals surface area (Å²) in [6.45, 7) is 0. The summed E-state index contributed by atoms with van der Waals surface area (Å²) in [6.07, 6.45) is 0. The van der Waals surface area contributed by atoms with Gasteiger partial charge in [0.15, 0.2) is 0 Å². The van der Waals surface area contributed by atoms with Crippen LogP contribution in [0.5, 0.6) is 0 Å². The summed E-state index contributed by atoms with van der Waals surface area (Å²) in [4.78, 5) is 22.3. The number of halogens is 1. The number of carbonyl (C=O) groups is 1. The van der Waals surface area contributed by atoms with Crippen LogP contribution in [0.2, 0.25) is 0 Å². The SMILES string of the molecule is N#Cc1ccc(NC(=O)c2ccc(Br)c([N+](=O)[O-])c2)cc1. The van der Waals surface area contributed by atoms with Crippen LogP contribution in [0.15, 0.2) is 46.9 Å². The molecule has 0 aliphatic rings. The largest absolute Gasteiger partial charge is 0.322 e. The highest BCUT2D eigenvalue weighted by molar-refractivity contribution is 9.10. The van der Waals surface area contributed by atoms with Gasteiger partial charge in [-0.25, -0.2) is 0 Å². The predicted octanol–water partition coefficient (Wildman–Crippen LogP) is 3.48. The van der Waals surface area contributed by atoms with Crippen LogP contribution in [0.3, 0.4) is 0 Å². The third-order valence-corrected chi connectivity index (χ3v) is 3.35. The number of carbonyl (C=O) groups excluding carboxylic acids is 1. The average Bonchev–Trinajstić information content (AvgIpc) is 2.48. The maximum absolute atomic E-state index is 12.0. The lowest BCUT2D eigenvalue weighted by atomic mass is 10.1. The standard InChI is InChI=1S/C14H8BrN3O3/c15-12-6-3-10(7-13(12)18(20)21)14(19)17-11-4-1-9(8-16)2-5-11/h1-7H,(H,17,19). The maximum Gasteiger partial charge on any atom is 0.284 e. The first-order valence-electron chi connectivity index (χ1n) is 5.76. The van der Waals surface area contributed by atoms with Crippen molar-refractivity contribution in [3.05, 3.63) is 68.2 Å². The molecule has 0 heterocycles. The molecule has 0 fully saturated rings. The fourth-order valence-corrected chi connectivity index (χ4v) is 2.02. The van der Waals surface area contributed by atoms with Gasteiger partial charge in [-0.3, -0.25) is 14.9 Å². The Morgan fingerprint density at radius 1 is 1.24 bits per heavy atom. The van der Waals surface area contributed by atoms with E-state index in [9.17, 15) is 14.9 Å². The summed E-state index contributed by atoms with van der Waals surface area (Å²) in [5, 5.41) is 22.1. The van der Waals surface area contributed by atoms with Gasteiger partial charge in [0, 0.05) is 17.3 Å². The molecule has 0 aromatic heterocycles. The molecule has 0 saturated carbocycles. The molecule has 0 aliphatic carbocycles. The van der Waals surface area contributed by atoms with E-state index in [0.29, 0.717) is 15.7 Å². The molecule has 2 rings (SSSR count). The average molecular weight is 346 g/mol. The van der Waals surface area contributed by atoms with E-state index in [4.69, 9.17) is 5.26 Å². The van der Waals surface area contributed by atoms with Gasteiger partial charge in [0.2, 0.25) is 0 Å². The summed E-state index contributed by atoms with van der Waals surface area (Å²) in [7, 11) is 0. The second kappa shape index (κ2) is 6.15. The molecule has 0 atom stereocenters. The van der Waals surface area contributed by atoms with Crippen molar-refractivity contribution < 1.29 is 9.72 Å². The number of nitriles is 1. The van der Waals surface area contributed by atoms with Gasteiger partial charge in [-0.2, -0.15) is 5.26 Å². The van der Waals surface area contributed by atoms with E-state index in [0.717, 1.165) is 0 Å². The first kappa shape index (κ1) is 14.7. The van der Waals surface area contributed by atoms with E-state index < -0.39 is 10.8 Å². The quantitative estimate of drug-likeness (QED) is 0.680. The molecule has 0 saturated heterocycles. The van der Waals surface area contributed by atoms with Crippen LogP contribution in [0, 0.1) is 21.4 Å². The molecule has 0 radical (unpaired) electrons. The van der Waals surface area contributed by atoms with E-state index in [1.807, 2.05) is 6.07 Å². The topological polar surface area (TPSA) is 96.0 Å². The number of hydrogen-bond acceptors (Lipinski definition) is 4. The molecule has 21 heavy (non-hydrogen) atoms. The van der Waals surface area contributed by atoms with Crippen LogP contribution >= 0.6 is 15.9 Å². The molecule has 0 spiro atoms. The Bertz CT molecular complexity index is 751. The molecule has 0 unspecified atom stereocenters. The lowest BCUT2D eigenvalue weighted by Crippen LogP contribution is -2.12. The molecule has 0 aliphatic heterocycles. The zero-order valence-electron chi connectivity index (χ0n) is 10.5. The first-order chi connectivity index (χ1) is 10.0. The van der Waals surface area contributed by atoms with Crippen LogP contribution in [0.4, 0.5) is 11.4 Å². The van der Waals surface area contributed by atoms with Gasteiger partial charge < -0.3 is 5.32 Å². The summed E-state index contributed by atoms with van der Waals surface area (Å²) < 4.78 is 0.308. The number of anilines is 1. The van der Waals surface area contributed by atoms with E-state index in [2.05, 4.69) is 21.2 Å². The Labute approximate surface area is 128 Å². The number of amides is 1. The summed E-state index contributed by atoms with van der Waals surface area (Å²) in [5.74, 6) is -0.463. The molecule has 0 bridgehead atoms. The first-order valence-corrected chi connectivity index (χ1v) is 6.56. The van der Waals surface area contributed by atoms with Crippen molar-refractivity contribution in [3.8, 4) is 6.07 Å². The highest BCUT2D eigenvalue weighted by atomic mass is 79.9. The number of nitro benzene ring substituents is 1. The van der Waals surface area contributed by atoms with Gasteiger partial charge in [-0.1, -0.05) is 0 Å². The van der Waals surface area contributed by atoms with E-state index >= 15 is 0 Å². The summed E-state index contributed by atoms with van der Waals surface area (Å²) in [5.41, 5.74) is 0.980. The van der Waals surface area contributed by atoms with Gasteiger partial charge in [0.05, 0.1) is 21.0 Å². The van der Waals surface area contributed by atoms with E-state index in [1.54, 1.807) is 24.3 Å². The van der Waals surface area contributed by atoms with Crippen molar-refractivity contribution in [3.63, 3.8) is 0 Å². The van der Waals surface area contributed by atoms with Crippen molar-refractivity contribution in [1.29, 1.82) is 5.26 Å². The lowest BCUT2D eigenvalue weighted by Gasteiger charge is -2.05. The Morgan fingerprint density at radius 2 is 1.90 bits per heavy atom. The fraction of sp³-hybridized carbons (Fsp3) is 0. The van der Waals surface area contributed by atoms with Crippen LogP contribution < -0.4 is 5.32 Å². The van der Waals surface area contributed by atoms with Gasteiger partial charge in [0.25, 0.3) is 11.6 Å². The number of nitrogens with one attached hydrogen (secondary N) is 1. The molecule has 1 amide bonds. The van der Waals surface area contributed by atoms with Crippen molar-refractivity contribution in [2.45, 2.75) is 0 Å². The second-order valence-corrected chi connectivity index (χ2v) is 4.92. The van der Waals surface area contributed by atoms with Gasteiger partial charge >= 0.3 is 0 Å². The number of nitro groups is 1. The minimum atomic E-state index is -0.567. The summed E-state index contributed by atoms with van der Waals surface area (Å²) in [6, 6.07) is 12.4. The molecule has 2 aromatic carbocycles. The zero-order valence-corrected chi connectivity index (χ0v) is 12.1. The monoisotopic (exact) mass is 345 g/mol. The number of nitrogens with zero attached hydrogens (tertiary/aromatic N) is 2. The number of hydrogen-bond donors (Lipinski definition) is 1. The molecular formula is C14H8BrN3O3. The van der Waals surface area contributed by atoms with E-state index in [1.165, 1.54) is 18.2 Å². The minimum absolute atomic E-state index is 0.175. The highest BCUT2D eigenvalue weighted by Gasteiger charge is 2.16. The normalized spacial score (nSPS) is 9.71. The Hall–Kier alpha value is -2.72. The predicted molar refractivity (Wildman–Crippen MR) is 79.9 cm³/mol. The van der Waals surface area contributed by atoms with Crippen molar-refractivity contribution in [2.75, 3.05) is 5.32 Å². The lowest BCUT2D eigenvalue weighted by molar-refractivity contribution is -0.385. The van der Waals surface area contributed by atoms with Crippen LogP contribution in [0.1, 0.15) is 15.9 Å². The molecule has 104 valence electrons. The molecule has 6 nitrogen and oxygen atoms in total. The van der Waals surface area contributed by atoms with Crippen LogP contribution in [0.25, 0.3) is 0 Å². The Balaban J connectivity index is 2.22. The van der Waals surface area contributed by atoms with Crippen molar-refractivity contribution in [2.24, 2.45) is 0 Å². The second-order valence-electron chi connectivity index (χ2n) is 4.07. The molecular weight excluding hydrogens is 338 g/mol. The third-order valence-electron chi connectivity index (χ3n) is 2.68. The van der Waals surface area contributed by atoms with Gasteiger partial charge in [0.1, 0.15) is 0 Å².